The number of ether oxygens (including phenoxy) is 1. The van der Waals surface area contributed by atoms with E-state index in [4.69, 9.17) is 4.74 Å². The normalized spacial score (nSPS) is 24.7. The Kier molecular flexibility index (Phi) is 3.13. The molecule has 0 radical (unpaired) electrons. The van der Waals surface area contributed by atoms with E-state index in [1.165, 1.54) is 12.8 Å². The molecule has 1 saturated carbocycles. The fourth-order valence-corrected chi connectivity index (χ4v) is 3.54. The highest BCUT2D eigenvalue weighted by atomic mass is 16.5. The molecule has 2 atom stereocenters. The van der Waals surface area contributed by atoms with Crippen LogP contribution in [-0.4, -0.2) is 33.8 Å². The quantitative estimate of drug-likeness (QED) is 0.893. The Morgan fingerprint density at radius 1 is 1.32 bits per heavy atom. The molecule has 0 bridgehead atoms. The lowest BCUT2D eigenvalue weighted by molar-refractivity contribution is 0.395. The standard InChI is InChI=1S/C15H19N5O2/c1-22-12-4-2-3-11(16-12)20-8-7-10(9-5-6-9)13(20)14-17-15(21)19-18-14/h2-4,9-10,13H,5-8H2,1H3,(H2,17,18,19,21). The van der Waals surface area contributed by atoms with Crippen molar-refractivity contribution in [3.63, 3.8) is 0 Å². The van der Waals surface area contributed by atoms with Crippen molar-refractivity contribution in [3.05, 3.63) is 34.5 Å². The van der Waals surface area contributed by atoms with Crippen LogP contribution < -0.4 is 15.3 Å². The molecule has 22 heavy (non-hydrogen) atoms. The van der Waals surface area contributed by atoms with Gasteiger partial charge in [-0.1, -0.05) is 6.07 Å². The number of pyridine rings is 1. The smallest absolute Gasteiger partial charge is 0.340 e. The summed E-state index contributed by atoms with van der Waals surface area (Å²) in [5.74, 6) is 3.44. The lowest BCUT2D eigenvalue weighted by Gasteiger charge is -2.27. The van der Waals surface area contributed by atoms with E-state index in [2.05, 4.69) is 25.1 Å². The molecule has 1 saturated heterocycles. The molecule has 7 heteroatoms. The molecule has 2 N–H and O–H groups in total. The molecule has 2 unspecified atom stereocenters. The minimum atomic E-state index is -0.255. The van der Waals surface area contributed by atoms with Crippen LogP contribution in [0, 0.1) is 11.8 Å². The van der Waals surface area contributed by atoms with Gasteiger partial charge < -0.3 is 9.64 Å². The fraction of sp³-hybridized carbons (Fsp3) is 0.533. The van der Waals surface area contributed by atoms with Gasteiger partial charge in [0.15, 0.2) is 5.82 Å². The average Bonchev–Trinajstić information content (AvgIpc) is 3.15. The number of rotatable bonds is 4. The maximum Gasteiger partial charge on any atom is 0.340 e. The summed E-state index contributed by atoms with van der Waals surface area (Å²) < 4.78 is 5.23. The second-order valence-electron chi connectivity index (χ2n) is 6.03. The topological polar surface area (TPSA) is 86.9 Å². The molecule has 4 rings (SSSR count). The van der Waals surface area contributed by atoms with Crippen LogP contribution in [0.2, 0.25) is 0 Å². The first-order chi connectivity index (χ1) is 10.8. The second-order valence-corrected chi connectivity index (χ2v) is 6.03. The Labute approximate surface area is 127 Å². The summed E-state index contributed by atoms with van der Waals surface area (Å²) in [6.45, 7) is 0.918. The number of H-pyrrole nitrogens is 2. The minimum absolute atomic E-state index is 0.0751. The van der Waals surface area contributed by atoms with E-state index in [1.807, 2.05) is 18.2 Å². The molecule has 2 aliphatic rings. The first kappa shape index (κ1) is 13.4. The molecule has 2 fully saturated rings. The number of hydrogen-bond acceptors (Lipinski definition) is 5. The van der Waals surface area contributed by atoms with Crippen LogP contribution in [0.4, 0.5) is 5.82 Å². The molecule has 1 aliphatic heterocycles. The number of nitrogens with zero attached hydrogens (tertiary/aromatic N) is 3. The van der Waals surface area contributed by atoms with Gasteiger partial charge in [0, 0.05) is 12.6 Å². The SMILES string of the molecule is COc1cccc(N2CCC(C3CC3)C2c2n[nH]c(=O)[nH]2)n1. The Hall–Kier alpha value is -2.31. The summed E-state index contributed by atoms with van der Waals surface area (Å²) in [6, 6.07) is 5.83. The van der Waals surface area contributed by atoms with E-state index in [9.17, 15) is 4.79 Å². The summed E-state index contributed by atoms with van der Waals surface area (Å²) in [4.78, 5) is 21.1. The molecule has 3 heterocycles. The van der Waals surface area contributed by atoms with Crippen molar-refractivity contribution in [1.29, 1.82) is 0 Å². The van der Waals surface area contributed by atoms with Gasteiger partial charge in [0.05, 0.1) is 13.2 Å². The van der Waals surface area contributed by atoms with Gasteiger partial charge >= 0.3 is 5.69 Å². The first-order valence-corrected chi connectivity index (χ1v) is 7.68. The molecular formula is C15H19N5O2. The first-order valence-electron chi connectivity index (χ1n) is 7.68. The molecular weight excluding hydrogens is 282 g/mol. The number of nitrogens with one attached hydrogen (secondary N) is 2. The van der Waals surface area contributed by atoms with E-state index in [1.54, 1.807) is 7.11 Å². The number of methoxy groups -OCH3 is 1. The van der Waals surface area contributed by atoms with E-state index in [-0.39, 0.29) is 11.7 Å². The fourth-order valence-electron chi connectivity index (χ4n) is 3.54. The van der Waals surface area contributed by atoms with Gasteiger partial charge in [-0.3, -0.25) is 4.98 Å². The second kappa shape index (κ2) is 5.15. The third kappa shape index (κ3) is 2.26. The molecule has 2 aromatic rings. The van der Waals surface area contributed by atoms with E-state index < -0.39 is 0 Å². The lowest BCUT2D eigenvalue weighted by atomic mass is 9.94. The Balaban J connectivity index is 1.71. The van der Waals surface area contributed by atoms with Crippen molar-refractivity contribution < 1.29 is 4.74 Å². The minimum Gasteiger partial charge on any atom is -0.481 e. The number of hydrogen-bond donors (Lipinski definition) is 2. The summed E-state index contributed by atoms with van der Waals surface area (Å²) in [5, 5.41) is 6.67. The Bertz CT molecular complexity index is 720. The van der Waals surface area contributed by atoms with Crippen LogP contribution in [0.5, 0.6) is 5.88 Å². The predicted octanol–water partition coefficient (Wildman–Crippen LogP) is 1.48. The van der Waals surface area contributed by atoms with Gasteiger partial charge in [-0.05, 0) is 37.2 Å². The average molecular weight is 301 g/mol. The van der Waals surface area contributed by atoms with Gasteiger partial charge in [0.2, 0.25) is 5.88 Å². The molecule has 0 spiro atoms. The number of anilines is 1. The van der Waals surface area contributed by atoms with Crippen molar-refractivity contribution in [3.8, 4) is 5.88 Å². The van der Waals surface area contributed by atoms with Gasteiger partial charge in [0.25, 0.3) is 0 Å². The van der Waals surface area contributed by atoms with Crippen molar-refractivity contribution >= 4 is 5.82 Å². The van der Waals surface area contributed by atoms with Crippen LogP contribution >= 0.6 is 0 Å². The van der Waals surface area contributed by atoms with Crippen molar-refractivity contribution in [2.45, 2.75) is 25.3 Å². The Morgan fingerprint density at radius 3 is 2.86 bits per heavy atom. The predicted molar refractivity (Wildman–Crippen MR) is 80.9 cm³/mol. The van der Waals surface area contributed by atoms with Crippen molar-refractivity contribution in [1.82, 2.24) is 20.2 Å². The summed E-state index contributed by atoms with van der Waals surface area (Å²) >= 11 is 0. The van der Waals surface area contributed by atoms with Crippen molar-refractivity contribution in [2.24, 2.45) is 11.8 Å². The highest BCUT2D eigenvalue weighted by Crippen LogP contribution is 2.50. The zero-order valence-corrected chi connectivity index (χ0v) is 12.5. The van der Waals surface area contributed by atoms with E-state index >= 15 is 0 Å². The van der Waals surface area contributed by atoms with Crippen LogP contribution in [-0.2, 0) is 0 Å². The largest absolute Gasteiger partial charge is 0.481 e. The summed E-state index contributed by atoms with van der Waals surface area (Å²) in [6.07, 6.45) is 3.65. The van der Waals surface area contributed by atoms with E-state index in [0.717, 1.165) is 24.7 Å². The van der Waals surface area contributed by atoms with Gasteiger partial charge in [0.1, 0.15) is 5.82 Å². The maximum atomic E-state index is 11.5. The van der Waals surface area contributed by atoms with Gasteiger partial charge in [-0.15, -0.1) is 0 Å². The molecule has 1 aliphatic carbocycles. The van der Waals surface area contributed by atoms with Gasteiger partial charge in [-0.25, -0.2) is 9.89 Å². The third-order valence-electron chi connectivity index (χ3n) is 4.68. The molecule has 0 amide bonds. The van der Waals surface area contributed by atoms with Gasteiger partial charge in [-0.2, -0.15) is 10.1 Å². The highest BCUT2D eigenvalue weighted by Gasteiger charge is 2.45. The number of aromatic amines is 2. The highest BCUT2D eigenvalue weighted by molar-refractivity contribution is 5.44. The molecule has 7 nitrogen and oxygen atoms in total. The lowest BCUT2D eigenvalue weighted by Crippen LogP contribution is -2.28. The zero-order valence-electron chi connectivity index (χ0n) is 12.5. The monoisotopic (exact) mass is 301 g/mol. The van der Waals surface area contributed by atoms with Crippen LogP contribution in [0.15, 0.2) is 23.0 Å². The maximum absolute atomic E-state index is 11.5. The van der Waals surface area contributed by atoms with Crippen LogP contribution in [0.1, 0.15) is 31.1 Å². The molecule has 0 aromatic carbocycles. The Morgan fingerprint density at radius 2 is 2.18 bits per heavy atom. The van der Waals surface area contributed by atoms with E-state index in [0.29, 0.717) is 17.6 Å². The molecule has 116 valence electrons. The number of aromatic nitrogens is 4. The summed E-state index contributed by atoms with van der Waals surface area (Å²) in [5.41, 5.74) is -0.255. The van der Waals surface area contributed by atoms with Crippen LogP contribution in [0.3, 0.4) is 0 Å². The van der Waals surface area contributed by atoms with Crippen LogP contribution in [0.25, 0.3) is 0 Å². The summed E-state index contributed by atoms with van der Waals surface area (Å²) in [7, 11) is 1.62. The third-order valence-corrected chi connectivity index (χ3v) is 4.68. The van der Waals surface area contributed by atoms with Crippen molar-refractivity contribution in [2.75, 3.05) is 18.6 Å². The molecule has 2 aromatic heterocycles. The zero-order chi connectivity index (χ0) is 15.1.